The Kier molecular flexibility index (Phi) is 5.35. The normalized spacial score (nSPS) is 14.3. The van der Waals surface area contributed by atoms with E-state index in [9.17, 15) is 4.79 Å². The number of methoxy groups -OCH3 is 1. The van der Waals surface area contributed by atoms with Crippen molar-refractivity contribution in [2.24, 2.45) is 0 Å². The third kappa shape index (κ3) is 3.33. The van der Waals surface area contributed by atoms with Gasteiger partial charge in [0.25, 0.3) is 0 Å². The molecule has 1 unspecified atom stereocenters. The fourth-order valence-electron chi connectivity index (χ4n) is 2.37. The third-order valence-corrected chi connectivity index (χ3v) is 3.44. The molecular weight excluding hydrogens is 226 g/mol. The summed E-state index contributed by atoms with van der Waals surface area (Å²) in [7, 11) is 1.66. The molecule has 0 saturated carbocycles. The SMILES string of the molecule is CCN(CC)C(C)(C=O)Cc1cccc(OC)c1. The first kappa shape index (κ1) is 14.7. The number of rotatable bonds is 7. The molecule has 0 saturated heterocycles. The summed E-state index contributed by atoms with van der Waals surface area (Å²) in [5.41, 5.74) is 0.673. The third-order valence-electron chi connectivity index (χ3n) is 3.44. The van der Waals surface area contributed by atoms with Gasteiger partial charge >= 0.3 is 0 Å². The van der Waals surface area contributed by atoms with Crippen molar-refractivity contribution in [3.8, 4) is 5.75 Å². The second-order valence-electron chi connectivity index (χ2n) is 4.68. The van der Waals surface area contributed by atoms with Gasteiger partial charge in [-0.25, -0.2) is 0 Å². The Morgan fingerprint density at radius 1 is 1.33 bits per heavy atom. The van der Waals surface area contributed by atoms with Crippen LogP contribution in [0.5, 0.6) is 5.75 Å². The number of carbonyl (C=O) groups is 1. The van der Waals surface area contributed by atoms with Gasteiger partial charge in [-0.2, -0.15) is 0 Å². The van der Waals surface area contributed by atoms with Crippen molar-refractivity contribution in [3.05, 3.63) is 29.8 Å². The number of hydrogen-bond acceptors (Lipinski definition) is 3. The number of likely N-dealkylation sites (N-methyl/N-ethyl adjacent to an activating group) is 1. The molecule has 18 heavy (non-hydrogen) atoms. The lowest BCUT2D eigenvalue weighted by atomic mass is 9.92. The van der Waals surface area contributed by atoms with Gasteiger partial charge in [0, 0.05) is 0 Å². The smallest absolute Gasteiger partial charge is 0.140 e. The van der Waals surface area contributed by atoms with Crippen LogP contribution in [0.2, 0.25) is 0 Å². The molecule has 0 amide bonds. The standard InChI is InChI=1S/C15H23NO2/c1-5-16(6-2)15(3,12-17)11-13-8-7-9-14(10-13)18-4/h7-10,12H,5-6,11H2,1-4H3. The van der Waals surface area contributed by atoms with E-state index in [2.05, 4.69) is 18.7 Å². The summed E-state index contributed by atoms with van der Waals surface area (Å²) in [4.78, 5) is 13.7. The molecule has 0 radical (unpaired) electrons. The van der Waals surface area contributed by atoms with Crippen LogP contribution in [-0.2, 0) is 11.2 Å². The van der Waals surface area contributed by atoms with Crippen molar-refractivity contribution in [2.45, 2.75) is 32.7 Å². The van der Waals surface area contributed by atoms with Crippen molar-refractivity contribution in [1.82, 2.24) is 4.90 Å². The highest BCUT2D eigenvalue weighted by Crippen LogP contribution is 2.21. The van der Waals surface area contributed by atoms with Gasteiger partial charge in [0.15, 0.2) is 0 Å². The van der Waals surface area contributed by atoms with Gasteiger partial charge in [0.1, 0.15) is 12.0 Å². The van der Waals surface area contributed by atoms with E-state index in [0.717, 1.165) is 30.7 Å². The first-order valence-corrected chi connectivity index (χ1v) is 6.44. The van der Waals surface area contributed by atoms with E-state index in [-0.39, 0.29) is 0 Å². The minimum Gasteiger partial charge on any atom is -0.497 e. The molecule has 0 bridgehead atoms. The van der Waals surface area contributed by atoms with Gasteiger partial charge in [-0.05, 0) is 44.1 Å². The zero-order valence-electron chi connectivity index (χ0n) is 11.8. The van der Waals surface area contributed by atoms with Crippen molar-refractivity contribution < 1.29 is 9.53 Å². The summed E-state index contributed by atoms with van der Waals surface area (Å²) in [6.07, 6.45) is 1.76. The van der Waals surface area contributed by atoms with Crippen LogP contribution < -0.4 is 4.74 Å². The Bertz CT molecular complexity index is 388. The second-order valence-corrected chi connectivity index (χ2v) is 4.68. The number of aldehydes is 1. The molecule has 1 aromatic carbocycles. The Hall–Kier alpha value is -1.35. The van der Waals surface area contributed by atoms with Crippen molar-refractivity contribution in [2.75, 3.05) is 20.2 Å². The number of ether oxygens (including phenoxy) is 1. The molecule has 0 aliphatic heterocycles. The van der Waals surface area contributed by atoms with E-state index >= 15 is 0 Å². The molecule has 1 atom stereocenters. The molecular formula is C15H23NO2. The minimum atomic E-state index is -0.449. The van der Waals surface area contributed by atoms with E-state index in [1.165, 1.54) is 0 Å². The largest absolute Gasteiger partial charge is 0.497 e. The molecule has 0 spiro atoms. The van der Waals surface area contributed by atoms with Crippen LogP contribution >= 0.6 is 0 Å². The number of carbonyl (C=O) groups excluding carboxylic acids is 1. The molecule has 0 fully saturated rings. The van der Waals surface area contributed by atoms with Gasteiger partial charge in [-0.1, -0.05) is 26.0 Å². The number of nitrogens with zero attached hydrogens (tertiary/aromatic N) is 1. The Labute approximate surface area is 110 Å². The fourth-order valence-corrected chi connectivity index (χ4v) is 2.37. The zero-order chi connectivity index (χ0) is 13.6. The Morgan fingerprint density at radius 3 is 2.50 bits per heavy atom. The Balaban J connectivity index is 2.93. The van der Waals surface area contributed by atoms with Gasteiger partial charge < -0.3 is 9.53 Å². The molecule has 3 nitrogen and oxygen atoms in total. The van der Waals surface area contributed by atoms with Crippen LogP contribution in [0.25, 0.3) is 0 Å². The maximum atomic E-state index is 11.5. The summed E-state index contributed by atoms with van der Waals surface area (Å²) in [5, 5.41) is 0. The molecule has 0 N–H and O–H groups in total. The van der Waals surface area contributed by atoms with Crippen molar-refractivity contribution in [1.29, 1.82) is 0 Å². The Morgan fingerprint density at radius 2 is 2.00 bits per heavy atom. The van der Waals surface area contributed by atoms with Gasteiger partial charge in [0.2, 0.25) is 0 Å². The predicted octanol–water partition coefficient (Wildman–Crippen LogP) is 2.54. The quantitative estimate of drug-likeness (QED) is 0.695. The highest BCUT2D eigenvalue weighted by atomic mass is 16.5. The summed E-state index contributed by atoms with van der Waals surface area (Å²) in [6, 6.07) is 7.90. The van der Waals surface area contributed by atoms with Gasteiger partial charge in [0.05, 0.1) is 12.6 Å². The van der Waals surface area contributed by atoms with E-state index in [4.69, 9.17) is 4.74 Å². The van der Waals surface area contributed by atoms with E-state index in [1.807, 2.05) is 31.2 Å². The van der Waals surface area contributed by atoms with Crippen LogP contribution in [0.4, 0.5) is 0 Å². The zero-order valence-corrected chi connectivity index (χ0v) is 11.8. The number of hydrogen-bond donors (Lipinski definition) is 0. The lowest BCUT2D eigenvalue weighted by molar-refractivity contribution is -0.117. The van der Waals surface area contributed by atoms with Crippen LogP contribution in [-0.4, -0.2) is 36.9 Å². The maximum Gasteiger partial charge on any atom is 0.140 e. The maximum absolute atomic E-state index is 11.5. The van der Waals surface area contributed by atoms with E-state index in [0.29, 0.717) is 6.42 Å². The van der Waals surface area contributed by atoms with Gasteiger partial charge in [-0.15, -0.1) is 0 Å². The summed E-state index contributed by atoms with van der Waals surface area (Å²) in [6.45, 7) is 7.89. The molecule has 0 aliphatic carbocycles. The van der Waals surface area contributed by atoms with Crippen LogP contribution in [0, 0.1) is 0 Å². The first-order valence-electron chi connectivity index (χ1n) is 6.44. The second kappa shape index (κ2) is 6.55. The summed E-state index contributed by atoms with van der Waals surface area (Å²) < 4.78 is 5.21. The fraction of sp³-hybridized carbons (Fsp3) is 0.533. The topological polar surface area (TPSA) is 29.5 Å². The molecule has 0 aromatic heterocycles. The van der Waals surface area contributed by atoms with Crippen LogP contribution in [0.3, 0.4) is 0 Å². The monoisotopic (exact) mass is 249 g/mol. The molecule has 1 aromatic rings. The highest BCUT2D eigenvalue weighted by Gasteiger charge is 2.29. The summed E-state index contributed by atoms with van der Waals surface area (Å²) >= 11 is 0. The highest BCUT2D eigenvalue weighted by molar-refractivity contribution is 5.64. The predicted molar refractivity (Wildman–Crippen MR) is 74.1 cm³/mol. The molecule has 100 valence electrons. The minimum absolute atomic E-state index is 0.449. The van der Waals surface area contributed by atoms with E-state index < -0.39 is 5.54 Å². The van der Waals surface area contributed by atoms with Crippen molar-refractivity contribution >= 4 is 6.29 Å². The summed E-state index contributed by atoms with van der Waals surface area (Å²) in [5.74, 6) is 0.834. The van der Waals surface area contributed by atoms with Crippen LogP contribution in [0.15, 0.2) is 24.3 Å². The lowest BCUT2D eigenvalue weighted by Crippen LogP contribution is -2.49. The van der Waals surface area contributed by atoms with Gasteiger partial charge in [-0.3, -0.25) is 4.90 Å². The average Bonchev–Trinajstić information content (AvgIpc) is 2.40. The lowest BCUT2D eigenvalue weighted by Gasteiger charge is -2.35. The molecule has 0 aliphatic rings. The van der Waals surface area contributed by atoms with Crippen LogP contribution in [0.1, 0.15) is 26.3 Å². The average molecular weight is 249 g/mol. The van der Waals surface area contributed by atoms with Crippen molar-refractivity contribution in [3.63, 3.8) is 0 Å². The molecule has 0 heterocycles. The molecule has 3 heteroatoms. The number of benzene rings is 1. The first-order chi connectivity index (χ1) is 8.59. The van der Waals surface area contributed by atoms with E-state index in [1.54, 1.807) is 7.11 Å². The molecule has 1 rings (SSSR count).